The number of fused-ring (bicyclic) bond motifs is 6. The number of para-hydroxylation sites is 2. The molecule has 0 bridgehead atoms. The number of nitrogens with one attached hydrogen (secondary N) is 1. The van der Waals surface area contributed by atoms with Crippen molar-refractivity contribution in [3.8, 4) is 33.4 Å². The zero-order chi connectivity index (χ0) is 27.6. The maximum absolute atomic E-state index is 6.27. The lowest BCUT2D eigenvalue weighted by Crippen LogP contribution is -2.15. The van der Waals surface area contributed by atoms with Crippen molar-refractivity contribution in [2.75, 3.05) is 5.32 Å². The second-order valence-electron chi connectivity index (χ2n) is 11.5. The summed E-state index contributed by atoms with van der Waals surface area (Å²) in [6, 6.07) is 47.6. The van der Waals surface area contributed by atoms with E-state index in [0.717, 1.165) is 44.4 Å². The monoisotopic (exact) mass is 527 g/mol. The quantitative estimate of drug-likeness (QED) is 0.246. The topological polar surface area (TPSA) is 25.2 Å². The van der Waals surface area contributed by atoms with E-state index in [2.05, 4.69) is 140 Å². The van der Waals surface area contributed by atoms with Crippen LogP contribution in [0.2, 0.25) is 0 Å². The molecule has 6 aromatic carbocycles. The molecule has 41 heavy (non-hydrogen) atoms. The van der Waals surface area contributed by atoms with E-state index in [4.69, 9.17) is 4.42 Å². The molecule has 1 aliphatic rings. The van der Waals surface area contributed by atoms with Crippen LogP contribution in [0, 0.1) is 0 Å². The van der Waals surface area contributed by atoms with Crippen molar-refractivity contribution in [3.63, 3.8) is 0 Å². The summed E-state index contributed by atoms with van der Waals surface area (Å²) in [6.07, 6.45) is 0. The molecule has 0 fully saturated rings. The first kappa shape index (κ1) is 23.8. The Balaban J connectivity index is 1.09. The Labute approximate surface area is 239 Å². The Kier molecular flexibility index (Phi) is 5.20. The maximum atomic E-state index is 6.27. The van der Waals surface area contributed by atoms with E-state index >= 15 is 0 Å². The van der Waals surface area contributed by atoms with Crippen molar-refractivity contribution >= 4 is 33.3 Å². The Hall–Kier alpha value is -5.08. The number of anilines is 2. The third-order valence-electron chi connectivity index (χ3n) is 8.67. The molecule has 8 rings (SSSR count). The lowest BCUT2D eigenvalue weighted by atomic mass is 9.81. The molecule has 2 heteroatoms. The average molecular weight is 528 g/mol. The van der Waals surface area contributed by atoms with Gasteiger partial charge in [0.15, 0.2) is 0 Å². The molecule has 0 unspecified atom stereocenters. The lowest BCUT2D eigenvalue weighted by Gasteiger charge is -2.23. The Morgan fingerprint density at radius 1 is 0.488 bits per heavy atom. The smallest absolute Gasteiger partial charge is 0.143 e. The van der Waals surface area contributed by atoms with Gasteiger partial charge in [-0.2, -0.15) is 0 Å². The van der Waals surface area contributed by atoms with Gasteiger partial charge in [0.25, 0.3) is 0 Å². The third-order valence-corrected chi connectivity index (χ3v) is 8.67. The van der Waals surface area contributed by atoms with Crippen LogP contribution in [-0.4, -0.2) is 0 Å². The van der Waals surface area contributed by atoms with E-state index in [1.54, 1.807) is 0 Å². The Bertz CT molecular complexity index is 2080. The van der Waals surface area contributed by atoms with Crippen LogP contribution in [0.1, 0.15) is 25.0 Å². The summed E-state index contributed by atoms with van der Waals surface area (Å²) in [5, 5.41) is 5.95. The first-order valence-corrected chi connectivity index (χ1v) is 14.2. The molecule has 0 spiro atoms. The molecule has 1 aliphatic carbocycles. The van der Waals surface area contributed by atoms with E-state index in [1.165, 1.54) is 33.4 Å². The highest BCUT2D eigenvalue weighted by molar-refractivity contribution is 6.09. The molecule has 0 aliphatic heterocycles. The van der Waals surface area contributed by atoms with Crippen LogP contribution in [0.5, 0.6) is 0 Å². The summed E-state index contributed by atoms with van der Waals surface area (Å²) in [5.74, 6) is 0. The van der Waals surface area contributed by atoms with Crippen molar-refractivity contribution < 1.29 is 4.42 Å². The van der Waals surface area contributed by atoms with Crippen molar-refractivity contribution in [2.24, 2.45) is 0 Å². The van der Waals surface area contributed by atoms with E-state index < -0.39 is 0 Å². The molecule has 196 valence electrons. The molecule has 0 atom stereocenters. The summed E-state index contributed by atoms with van der Waals surface area (Å²) in [7, 11) is 0. The van der Waals surface area contributed by atoms with Gasteiger partial charge in [0.2, 0.25) is 0 Å². The largest absolute Gasteiger partial charge is 0.455 e. The van der Waals surface area contributed by atoms with E-state index in [9.17, 15) is 0 Å². The second kappa shape index (κ2) is 8.97. The van der Waals surface area contributed by atoms with Crippen molar-refractivity contribution in [3.05, 3.63) is 145 Å². The summed E-state index contributed by atoms with van der Waals surface area (Å²) in [6.45, 7) is 4.67. The highest BCUT2D eigenvalue weighted by atomic mass is 16.3. The van der Waals surface area contributed by atoms with Gasteiger partial charge in [0, 0.05) is 33.1 Å². The fourth-order valence-corrected chi connectivity index (χ4v) is 6.50. The molecule has 1 heterocycles. The predicted octanol–water partition coefficient (Wildman–Crippen LogP) is 11.0. The lowest BCUT2D eigenvalue weighted by molar-refractivity contribution is 0.661. The molecule has 7 aromatic rings. The molecular formula is C39H29NO. The first-order valence-electron chi connectivity index (χ1n) is 14.2. The summed E-state index contributed by atoms with van der Waals surface area (Å²) in [5.41, 5.74) is 14.1. The average Bonchev–Trinajstić information content (AvgIpc) is 3.50. The minimum absolute atomic E-state index is 0.0811. The fourth-order valence-electron chi connectivity index (χ4n) is 6.50. The minimum atomic E-state index is -0.0811. The van der Waals surface area contributed by atoms with Gasteiger partial charge in [-0.1, -0.05) is 111 Å². The third kappa shape index (κ3) is 3.79. The SMILES string of the molecule is CC1(C)c2cc(Nc3ccc(-c4cccc5c4oc4ccccc45)cc3)ccc2-c2ccc(-c3ccccc3)cc21. The highest BCUT2D eigenvalue weighted by Gasteiger charge is 2.35. The number of furan rings is 1. The van der Waals surface area contributed by atoms with Crippen LogP contribution in [-0.2, 0) is 5.41 Å². The predicted molar refractivity (Wildman–Crippen MR) is 172 cm³/mol. The van der Waals surface area contributed by atoms with Gasteiger partial charge in [-0.3, -0.25) is 0 Å². The van der Waals surface area contributed by atoms with Crippen molar-refractivity contribution in [1.29, 1.82) is 0 Å². The van der Waals surface area contributed by atoms with Gasteiger partial charge in [-0.25, -0.2) is 0 Å². The molecule has 1 N–H and O–H groups in total. The molecule has 1 aromatic heterocycles. The maximum Gasteiger partial charge on any atom is 0.143 e. The van der Waals surface area contributed by atoms with E-state index in [1.807, 2.05) is 12.1 Å². The van der Waals surface area contributed by atoms with Crippen LogP contribution in [0.25, 0.3) is 55.3 Å². The van der Waals surface area contributed by atoms with E-state index in [0.29, 0.717) is 0 Å². The molecule has 0 saturated heterocycles. The fraction of sp³-hybridized carbons (Fsp3) is 0.0769. The van der Waals surface area contributed by atoms with Crippen LogP contribution < -0.4 is 5.32 Å². The number of hydrogen-bond donors (Lipinski definition) is 1. The van der Waals surface area contributed by atoms with Gasteiger partial charge in [-0.05, 0) is 75.3 Å². The second-order valence-corrected chi connectivity index (χ2v) is 11.5. The van der Waals surface area contributed by atoms with Gasteiger partial charge in [0.05, 0.1) is 0 Å². The molecule has 0 radical (unpaired) electrons. The summed E-state index contributed by atoms with van der Waals surface area (Å²) >= 11 is 0. The number of benzene rings is 6. The van der Waals surface area contributed by atoms with Gasteiger partial charge < -0.3 is 9.73 Å². The first-order chi connectivity index (χ1) is 20.1. The summed E-state index contributed by atoms with van der Waals surface area (Å²) in [4.78, 5) is 0. The Morgan fingerprint density at radius 2 is 1.15 bits per heavy atom. The zero-order valence-electron chi connectivity index (χ0n) is 23.1. The molecule has 2 nitrogen and oxygen atoms in total. The molecule has 0 saturated carbocycles. The Morgan fingerprint density at radius 3 is 1.98 bits per heavy atom. The minimum Gasteiger partial charge on any atom is -0.455 e. The molecule has 0 amide bonds. The zero-order valence-corrected chi connectivity index (χ0v) is 23.1. The van der Waals surface area contributed by atoms with E-state index in [-0.39, 0.29) is 5.41 Å². The van der Waals surface area contributed by atoms with Gasteiger partial charge in [0.1, 0.15) is 11.2 Å². The van der Waals surface area contributed by atoms with Crippen LogP contribution in [0.4, 0.5) is 11.4 Å². The normalized spacial score (nSPS) is 13.3. The van der Waals surface area contributed by atoms with Crippen LogP contribution >= 0.6 is 0 Å². The highest BCUT2D eigenvalue weighted by Crippen LogP contribution is 2.50. The number of hydrogen-bond acceptors (Lipinski definition) is 2. The van der Waals surface area contributed by atoms with Crippen molar-refractivity contribution in [2.45, 2.75) is 19.3 Å². The van der Waals surface area contributed by atoms with Crippen LogP contribution in [0.15, 0.2) is 138 Å². The van der Waals surface area contributed by atoms with Crippen molar-refractivity contribution in [1.82, 2.24) is 0 Å². The van der Waals surface area contributed by atoms with Gasteiger partial charge >= 0.3 is 0 Å². The standard InChI is InChI=1S/C39H29NO/c1-39(2)35-23-27(25-9-4-3-5-10-25)17-21-31(35)32-22-20-29(24-36(32)39)40-28-18-15-26(16-19-28)30-12-8-13-34-33-11-6-7-14-37(33)41-38(30)34/h3-24,40H,1-2H3. The van der Waals surface area contributed by atoms with Crippen LogP contribution in [0.3, 0.4) is 0 Å². The van der Waals surface area contributed by atoms with Gasteiger partial charge in [-0.15, -0.1) is 0 Å². The number of rotatable bonds is 4. The summed E-state index contributed by atoms with van der Waals surface area (Å²) < 4.78 is 6.27. The molecular weight excluding hydrogens is 498 g/mol.